The fourth-order valence-corrected chi connectivity index (χ4v) is 2.79. The first-order valence-electron chi connectivity index (χ1n) is 9.26. The second kappa shape index (κ2) is 8.39. The van der Waals surface area contributed by atoms with Crippen LogP contribution < -0.4 is 10.6 Å². The van der Waals surface area contributed by atoms with E-state index in [2.05, 4.69) is 20.6 Å². The molecule has 0 radical (unpaired) electrons. The Balaban J connectivity index is 1.63. The number of carbonyl (C=O) groups is 1. The Labute approximate surface area is 168 Å². The van der Waals surface area contributed by atoms with E-state index in [1.165, 1.54) is 0 Å². The maximum atomic E-state index is 12.8. The fourth-order valence-electron chi connectivity index (χ4n) is 2.79. The number of anilines is 2. The van der Waals surface area contributed by atoms with Gasteiger partial charge < -0.3 is 15.1 Å². The molecule has 6 heteroatoms. The van der Waals surface area contributed by atoms with Crippen LogP contribution in [0.2, 0.25) is 0 Å². The van der Waals surface area contributed by atoms with Gasteiger partial charge in [0.15, 0.2) is 5.82 Å². The first-order chi connectivity index (χ1) is 14.2. The molecular weight excluding hydrogens is 364 g/mol. The number of nitrogens with one attached hydrogen (secondary N) is 2. The molecule has 0 fully saturated rings. The molecule has 0 atom stereocenters. The zero-order chi connectivity index (χ0) is 20.1. The van der Waals surface area contributed by atoms with Gasteiger partial charge in [0.2, 0.25) is 0 Å². The summed E-state index contributed by atoms with van der Waals surface area (Å²) in [6.07, 6.45) is 1.62. The van der Waals surface area contributed by atoms with Gasteiger partial charge in [0.1, 0.15) is 17.3 Å². The quantitative estimate of drug-likeness (QED) is 0.494. The Morgan fingerprint density at radius 3 is 2.48 bits per heavy atom. The molecule has 2 aromatic heterocycles. The summed E-state index contributed by atoms with van der Waals surface area (Å²) in [6.45, 7) is 2.45. The number of carbonyl (C=O) groups excluding carboxylic acids is 1. The third kappa shape index (κ3) is 4.68. The molecule has 4 rings (SSSR count). The van der Waals surface area contributed by atoms with Crippen molar-refractivity contribution in [3.05, 3.63) is 96.1 Å². The first-order valence-corrected chi connectivity index (χ1v) is 9.26. The van der Waals surface area contributed by atoms with Crippen molar-refractivity contribution < 1.29 is 9.21 Å². The number of hydrogen-bond donors (Lipinski definition) is 2. The van der Waals surface area contributed by atoms with Crippen LogP contribution in [0.15, 0.2) is 83.5 Å². The number of hydrogen-bond acceptors (Lipinski definition) is 5. The Hall–Kier alpha value is -3.93. The molecular formula is C23H20N4O2. The molecule has 0 bridgehead atoms. The van der Waals surface area contributed by atoms with E-state index in [4.69, 9.17) is 4.42 Å². The minimum atomic E-state index is -0.297. The molecule has 0 unspecified atom stereocenters. The normalized spacial score (nSPS) is 10.5. The molecule has 0 saturated carbocycles. The van der Waals surface area contributed by atoms with Crippen molar-refractivity contribution in [2.24, 2.45) is 0 Å². The lowest BCUT2D eigenvalue weighted by molar-refractivity contribution is 0.102. The number of aryl methyl sites for hydroxylation is 1. The second-order valence-corrected chi connectivity index (χ2v) is 6.58. The van der Waals surface area contributed by atoms with Crippen molar-refractivity contribution in [1.82, 2.24) is 9.97 Å². The molecule has 29 heavy (non-hydrogen) atoms. The molecule has 0 spiro atoms. The van der Waals surface area contributed by atoms with Crippen LogP contribution in [0.4, 0.5) is 11.5 Å². The summed E-state index contributed by atoms with van der Waals surface area (Å²) in [4.78, 5) is 21.9. The van der Waals surface area contributed by atoms with Gasteiger partial charge in [-0.05, 0) is 31.2 Å². The van der Waals surface area contributed by atoms with Crippen LogP contribution in [-0.4, -0.2) is 15.9 Å². The third-order valence-electron chi connectivity index (χ3n) is 4.32. The topological polar surface area (TPSA) is 80.0 Å². The van der Waals surface area contributed by atoms with Gasteiger partial charge in [-0.1, -0.05) is 48.0 Å². The Kier molecular flexibility index (Phi) is 5.33. The number of rotatable bonds is 6. The van der Waals surface area contributed by atoms with Gasteiger partial charge in [-0.2, -0.15) is 0 Å². The molecule has 6 nitrogen and oxygen atoms in total. The number of aromatic nitrogens is 2. The van der Waals surface area contributed by atoms with Crippen molar-refractivity contribution >= 4 is 17.4 Å². The second-order valence-electron chi connectivity index (χ2n) is 6.58. The smallest absolute Gasteiger partial charge is 0.274 e. The number of nitrogens with zero attached hydrogens (tertiary/aromatic N) is 2. The molecule has 1 amide bonds. The van der Waals surface area contributed by atoms with E-state index < -0.39 is 0 Å². The molecule has 0 aliphatic carbocycles. The minimum absolute atomic E-state index is 0.279. The molecule has 4 aromatic rings. The fraction of sp³-hybridized carbons (Fsp3) is 0.0870. The lowest BCUT2D eigenvalue weighted by Gasteiger charge is -2.10. The third-order valence-corrected chi connectivity index (χ3v) is 4.32. The van der Waals surface area contributed by atoms with E-state index in [0.29, 0.717) is 23.9 Å². The number of furan rings is 1. The predicted molar refractivity (Wildman–Crippen MR) is 113 cm³/mol. The van der Waals surface area contributed by atoms with Gasteiger partial charge in [-0.15, -0.1) is 0 Å². The van der Waals surface area contributed by atoms with Crippen LogP contribution in [0.1, 0.15) is 21.8 Å². The standard InChI is InChI=1S/C23H20N4O2/c1-16-9-11-18(12-10-16)25-23(28)20-14-21(24-15-19-8-5-13-29-19)27-22(26-20)17-6-3-2-4-7-17/h2-14H,15H2,1H3,(H,25,28)(H,24,26,27). The summed E-state index contributed by atoms with van der Waals surface area (Å²) in [6, 6.07) is 22.5. The molecule has 2 aromatic carbocycles. The Morgan fingerprint density at radius 1 is 0.966 bits per heavy atom. The minimum Gasteiger partial charge on any atom is -0.467 e. The summed E-state index contributed by atoms with van der Waals surface area (Å²) in [5.41, 5.74) is 2.95. The number of amides is 1. The van der Waals surface area contributed by atoms with Crippen LogP contribution in [0.5, 0.6) is 0 Å². The lowest BCUT2D eigenvalue weighted by atomic mass is 10.2. The summed E-state index contributed by atoms with van der Waals surface area (Å²) in [5, 5.41) is 6.08. The van der Waals surface area contributed by atoms with Crippen LogP contribution in [0, 0.1) is 6.92 Å². The highest BCUT2D eigenvalue weighted by molar-refractivity contribution is 6.03. The van der Waals surface area contributed by atoms with E-state index in [1.54, 1.807) is 12.3 Å². The van der Waals surface area contributed by atoms with Crippen LogP contribution in [0.25, 0.3) is 11.4 Å². The average Bonchev–Trinajstić information content (AvgIpc) is 3.28. The van der Waals surface area contributed by atoms with Gasteiger partial charge in [0.05, 0.1) is 12.8 Å². The monoisotopic (exact) mass is 384 g/mol. The van der Waals surface area contributed by atoms with E-state index >= 15 is 0 Å². The predicted octanol–water partition coefficient (Wildman–Crippen LogP) is 4.91. The van der Waals surface area contributed by atoms with E-state index in [9.17, 15) is 4.79 Å². The highest BCUT2D eigenvalue weighted by Gasteiger charge is 2.14. The first kappa shape index (κ1) is 18.4. The highest BCUT2D eigenvalue weighted by Crippen LogP contribution is 2.19. The summed E-state index contributed by atoms with van der Waals surface area (Å²) >= 11 is 0. The van der Waals surface area contributed by atoms with Crippen LogP contribution in [0.3, 0.4) is 0 Å². The van der Waals surface area contributed by atoms with Crippen molar-refractivity contribution in [3.8, 4) is 11.4 Å². The van der Waals surface area contributed by atoms with E-state index in [0.717, 1.165) is 16.9 Å². The zero-order valence-corrected chi connectivity index (χ0v) is 15.9. The van der Waals surface area contributed by atoms with Gasteiger partial charge in [0, 0.05) is 17.3 Å². The highest BCUT2D eigenvalue weighted by atomic mass is 16.3. The summed E-state index contributed by atoms with van der Waals surface area (Å²) in [7, 11) is 0. The Bertz CT molecular complexity index is 1090. The van der Waals surface area contributed by atoms with Crippen molar-refractivity contribution in [1.29, 1.82) is 0 Å². The maximum absolute atomic E-state index is 12.8. The summed E-state index contributed by atoms with van der Waals surface area (Å²) in [5.74, 6) is 1.50. The van der Waals surface area contributed by atoms with Gasteiger partial charge in [-0.3, -0.25) is 4.79 Å². The average molecular weight is 384 g/mol. The summed E-state index contributed by atoms with van der Waals surface area (Å²) < 4.78 is 5.35. The lowest BCUT2D eigenvalue weighted by Crippen LogP contribution is -2.15. The molecule has 2 heterocycles. The molecule has 0 saturated heterocycles. The molecule has 2 N–H and O–H groups in total. The Morgan fingerprint density at radius 2 is 1.76 bits per heavy atom. The van der Waals surface area contributed by atoms with Crippen LogP contribution in [-0.2, 0) is 6.54 Å². The van der Waals surface area contributed by atoms with Crippen LogP contribution >= 0.6 is 0 Å². The maximum Gasteiger partial charge on any atom is 0.274 e. The molecule has 0 aliphatic rings. The van der Waals surface area contributed by atoms with E-state index in [-0.39, 0.29) is 11.6 Å². The molecule has 0 aliphatic heterocycles. The van der Waals surface area contributed by atoms with Crippen molar-refractivity contribution in [2.75, 3.05) is 10.6 Å². The number of benzene rings is 2. The van der Waals surface area contributed by atoms with Gasteiger partial charge >= 0.3 is 0 Å². The van der Waals surface area contributed by atoms with Gasteiger partial charge in [-0.25, -0.2) is 9.97 Å². The SMILES string of the molecule is Cc1ccc(NC(=O)c2cc(NCc3ccco3)nc(-c3ccccc3)n2)cc1. The largest absolute Gasteiger partial charge is 0.467 e. The molecule has 144 valence electrons. The van der Waals surface area contributed by atoms with Gasteiger partial charge in [0.25, 0.3) is 5.91 Å². The van der Waals surface area contributed by atoms with Crippen molar-refractivity contribution in [2.45, 2.75) is 13.5 Å². The van der Waals surface area contributed by atoms with Crippen molar-refractivity contribution in [3.63, 3.8) is 0 Å². The zero-order valence-electron chi connectivity index (χ0n) is 15.9. The van der Waals surface area contributed by atoms with E-state index in [1.807, 2.05) is 73.7 Å².